The first-order valence-corrected chi connectivity index (χ1v) is 2.87. The summed E-state index contributed by atoms with van der Waals surface area (Å²) in [4.78, 5) is 10.3. The maximum Gasteiger partial charge on any atom is 0.308 e. The topological polar surface area (TPSA) is 63.3 Å². The second-order valence-corrected chi connectivity index (χ2v) is 2.19. The standard InChI is InChI=1S/C6H9NO2.ClH/c7-5-3-1-2-4(5)6(8)9;/h1,3-5H,2,7H2,(H,8,9);1H. The lowest BCUT2D eigenvalue weighted by atomic mass is 10.0. The first kappa shape index (κ1) is 9.46. The van der Waals surface area contributed by atoms with Crippen LogP contribution in [0.3, 0.4) is 0 Å². The third kappa shape index (κ3) is 1.72. The van der Waals surface area contributed by atoms with Gasteiger partial charge in [0.15, 0.2) is 0 Å². The highest BCUT2D eigenvalue weighted by atomic mass is 35.5. The minimum absolute atomic E-state index is 0. The number of allylic oxidation sites excluding steroid dienone is 1. The summed E-state index contributed by atoms with van der Waals surface area (Å²) >= 11 is 0. The van der Waals surface area contributed by atoms with Crippen LogP contribution in [0, 0.1) is 5.92 Å². The number of rotatable bonds is 1. The highest BCUT2D eigenvalue weighted by Crippen LogP contribution is 2.16. The van der Waals surface area contributed by atoms with E-state index in [9.17, 15) is 4.79 Å². The van der Waals surface area contributed by atoms with Gasteiger partial charge in [-0.1, -0.05) is 12.2 Å². The second-order valence-electron chi connectivity index (χ2n) is 2.19. The molecule has 1 aliphatic rings. The summed E-state index contributed by atoms with van der Waals surface area (Å²) in [6.07, 6.45) is 4.12. The largest absolute Gasteiger partial charge is 0.481 e. The lowest BCUT2D eigenvalue weighted by Crippen LogP contribution is -2.30. The number of nitrogens with two attached hydrogens (primary N) is 1. The van der Waals surface area contributed by atoms with Crippen molar-refractivity contribution in [3.05, 3.63) is 12.2 Å². The van der Waals surface area contributed by atoms with Crippen LogP contribution in [-0.4, -0.2) is 17.1 Å². The van der Waals surface area contributed by atoms with Crippen molar-refractivity contribution in [1.29, 1.82) is 0 Å². The summed E-state index contributed by atoms with van der Waals surface area (Å²) in [5.74, 6) is -1.18. The van der Waals surface area contributed by atoms with E-state index in [0.29, 0.717) is 6.42 Å². The third-order valence-corrected chi connectivity index (χ3v) is 1.53. The van der Waals surface area contributed by atoms with E-state index in [-0.39, 0.29) is 24.4 Å². The van der Waals surface area contributed by atoms with Crippen LogP contribution in [0.25, 0.3) is 0 Å². The van der Waals surface area contributed by atoms with Crippen LogP contribution < -0.4 is 5.73 Å². The summed E-state index contributed by atoms with van der Waals surface area (Å²) in [6.45, 7) is 0. The van der Waals surface area contributed by atoms with E-state index >= 15 is 0 Å². The number of aliphatic carboxylic acids is 1. The Morgan fingerprint density at radius 1 is 1.70 bits per heavy atom. The van der Waals surface area contributed by atoms with Crippen molar-refractivity contribution < 1.29 is 9.90 Å². The Kier molecular flexibility index (Phi) is 3.39. The Morgan fingerprint density at radius 2 is 2.30 bits per heavy atom. The molecule has 0 aliphatic heterocycles. The number of halogens is 1. The number of hydrogen-bond donors (Lipinski definition) is 2. The maximum absolute atomic E-state index is 10.3. The Morgan fingerprint density at radius 3 is 2.50 bits per heavy atom. The molecule has 0 bridgehead atoms. The first-order chi connectivity index (χ1) is 4.22. The van der Waals surface area contributed by atoms with Gasteiger partial charge in [-0.2, -0.15) is 0 Å². The monoisotopic (exact) mass is 163 g/mol. The van der Waals surface area contributed by atoms with Crippen molar-refractivity contribution in [3.8, 4) is 0 Å². The van der Waals surface area contributed by atoms with Crippen LogP contribution in [-0.2, 0) is 4.79 Å². The van der Waals surface area contributed by atoms with Gasteiger partial charge in [-0.05, 0) is 6.42 Å². The maximum atomic E-state index is 10.3. The van der Waals surface area contributed by atoms with Crippen molar-refractivity contribution in [3.63, 3.8) is 0 Å². The molecule has 0 spiro atoms. The van der Waals surface area contributed by atoms with Crippen LogP contribution in [0.2, 0.25) is 0 Å². The molecule has 4 heteroatoms. The molecular weight excluding hydrogens is 154 g/mol. The number of carboxylic acid groups (broad SMARTS) is 1. The van der Waals surface area contributed by atoms with E-state index in [1.54, 1.807) is 6.08 Å². The number of carbonyl (C=O) groups is 1. The highest BCUT2D eigenvalue weighted by molar-refractivity contribution is 5.85. The number of hydrogen-bond acceptors (Lipinski definition) is 2. The quantitative estimate of drug-likeness (QED) is 0.550. The highest BCUT2D eigenvalue weighted by Gasteiger charge is 2.25. The van der Waals surface area contributed by atoms with E-state index in [2.05, 4.69) is 0 Å². The van der Waals surface area contributed by atoms with Crippen molar-refractivity contribution in [1.82, 2.24) is 0 Å². The van der Waals surface area contributed by atoms with Gasteiger partial charge in [0.2, 0.25) is 0 Å². The van der Waals surface area contributed by atoms with Gasteiger partial charge in [-0.25, -0.2) is 0 Å². The molecule has 10 heavy (non-hydrogen) atoms. The molecule has 0 aromatic heterocycles. The normalized spacial score (nSPS) is 29.7. The summed E-state index contributed by atoms with van der Waals surface area (Å²) < 4.78 is 0. The van der Waals surface area contributed by atoms with Crippen LogP contribution in [0.5, 0.6) is 0 Å². The van der Waals surface area contributed by atoms with Crippen molar-refractivity contribution >= 4 is 18.4 Å². The summed E-state index contributed by atoms with van der Waals surface area (Å²) in [6, 6.07) is -0.275. The molecule has 0 saturated carbocycles. The van der Waals surface area contributed by atoms with Gasteiger partial charge in [0.05, 0.1) is 5.92 Å². The van der Waals surface area contributed by atoms with Gasteiger partial charge in [0.25, 0.3) is 0 Å². The van der Waals surface area contributed by atoms with Crippen LogP contribution in [0.15, 0.2) is 12.2 Å². The molecule has 3 nitrogen and oxygen atoms in total. The predicted molar refractivity (Wildman–Crippen MR) is 40.1 cm³/mol. The van der Waals surface area contributed by atoms with Crippen molar-refractivity contribution in [2.24, 2.45) is 11.7 Å². The van der Waals surface area contributed by atoms with Crippen LogP contribution in [0.4, 0.5) is 0 Å². The van der Waals surface area contributed by atoms with Gasteiger partial charge in [-0.3, -0.25) is 4.79 Å². The molecule has 0 radical (unpaired) electrons. The second kappa shape index (κ2) is 3.58. The zero-order chi connectivity index (χ0) is 6.85. The van der Waals surface area contributed by atoms with Gasteiger partial charge in [0, 0.05) is 6.04 Å². The molecule has 58 valence electrons. The first-order valence-electron chi connectivity index (χ1n) is 2.87. The molecule has 2 atom stereocenters. The van der Waals surface area contributed by atoms with E-state index in [0.717, 1.165) is 0 Å². The van der Waals surface area contributed by atoms with Gasteiger partial charge < -0.3 is 10.8 Å². The van der Waals surface area contributed by atoms with Gasteiger partial charge in [0.1, 0.15) is 0 Å². The number of carboxylic acids is 1. The van der Waals surface area contributed by atoms with Crippen molar-refractivity contribution in [2.75, 3.05) is 0 Å². The molecule has 0 fully saturated rings. The summed E-state index contributed by atoms with van der Waals surface area (Å²) in [5.41, 5.74) is 5.41. The molecule has 2 unspecified atom stereocenters. The SMILES string of the molecule is Cl.NC1C=CCC1C(=O)O. The minimum atomic E-state index is -0.799. The Labute approximate surface area is 65.3 Å². The van der Waals surface area contributed by atoms with E-state index in [1.807, 2.05) is 6.08 Å². The van der Waals surface area contributed by atoms with Crippen molar-refractivity contribution in [2.45, 2.75) is 12.5 Å². The molecule has 1 aliphatic carbocycles. The average molecular weight is 164 g/mol. The van der Waals surface area contributed by atoms with Gasteiger partial charge >= 0.3 is 5.97 Å². The lowest BCUT2D eigenvalue weighted by Gasteiger charge is -2.07. The molecule has 0 heterocycles. The zero-order valence-electron chi connectivity index (χ0n) is 5.36. The Hall–Kier alpha value is -0.540. The minimum Gasteiger partial charge on any atom is -0.481 e. The summed E-state index contributed by atoms with van der Waals surface area (Å²) in [7, 11) is 0. The van der Waals surface area contributed by atoms with Gasteiger partial charge in [-0.15, -0.1) is 12.4 Å². The summed E-state index contributed by atoms with van der Waals surface area (Å²) in [5, 5.41) is 8.46. The zero-order valence-corrected chi connectivity index (χ0v) is 6.17. The fraction of sp³-hybridized carbons (Fsp3) is 0.500. The third-order valence-electron chi connectivity index (χ3n) is 1.53. The fourth-order valence-electron chi connectivity index (χ4n) is 0.939. The Balaban J connectivity index is 0.000000810. The van der Waals surface area contributed by atoms with E-state index in [1.165, 1.54) is 0 Å². The fourth-order valence-corrected chi connectivity index (χ4v) is 0.939. The molecular formula is C6H10ClNO2. The molecule has 3 N–H and O–H groups in total. The molecule has 0 aromatic rings. The average Bonchev–Trinajstić information content (AvgIpc) is 2.13. The van der Waals surface area contributed by atoms with E-state index < -0.39 is 5.97 Å². The van der Waals surface area contributed by atoms with E-state index in [4.69, 9.17) is 10.8 Å². The molecule has 0 aromatic carbocycles. The molecule has 1 rings (SSSR count). The predicted octanol–water partition coefficient (Wildman–Crippen LogP) is 0.396. The molecule has 0 amide bonds. The van der Waals surface area contributed by atoms with Crippen LogP contribution >= 0.6 is 12.4 Å². The van der Waals surface area contributed by atoms with Crippen LogP contribution in [0.1, 0.15) is 6.42 Å². The smallest absolute Gasteiger partial charge is 0.308 e. The lowest BCUT2D eigenvalue weighted by molar-refractivity contribution is -0.141. The molecule has 0 saturated heterocycles. The Bertz CT molecular complexity index is 158.